The van der Waals surface area contributed by atoms with Gasteiger partial charge in [-0.15, -0.1) is 0 Å². The standard InChI is InChI=1S/C7H17Si2.C6H18NSi2.2C4H7O.2Li/c2*1-8(2)5-6-9(3,4)7-8;2*1-2-4-5-3-1;;/h7H,5-6H2,1-4H3;5-7H2,1-4H3;2*3H,1-2,4H2;;/q-1;+1;2*-1;2*+1. The van der Waals surface area contributed by atoms with Crippen LogP contribution in [0.5, 0.6) is 0 Å². The molecule has 4 heterocycles. The zero-order valence-electron chi connectivity index (χ0n) is 22.2. The summed E-state index contributed by atoms with van der Waals surface area (Å²) in [5.41, 5.74) is 2.76. The van der Waals surface area contributed by atoms with Gasteiger partial charge >= 0.3 is 37.7 Å². The molecule has 2 N–H and O–H groups in total. The minimum absolute atomic E-state index is 0. The molecule has 0 saturated carbocycles. The van der Waals surface area contributed by atoms with E-state index in [0.717, 1.165) is 26.1 Å². The molecule has 0 atom stereocenters. The molecule has 168 valence electrons. The Morgan fingerprint density at radius 1 is 0.600 bits per heavy atom. The van der Waals surface area contributed by atoms with E-state index in [1.54, 1.807) is 24.2 Å². The fourth-order valence-corrected chi connectivity index (χ4v) is 34.1. The number of rotatable bonds is 0. The van der Waals surface area contributed by atoms with Crippen LogP contribution >= 0.6 is 0 Å². The Kier molecular flexibility index (Phi) is 17.9. The van der Waals surface area contributed by atoms with Crippen molar-refractivity contribution in [3.8, 4) is 0 Å². The first-order chi connectivity index (χ1) is 12.8. The summed E-state index contributed by atoms with van der Waals surface area (Å²) >= 11 is 0. The van der Waals surface area contributed by atoms with E-state index in [0.29, 0.717) is 0 Å². The van der Waals surface area contributed by atoms with Crippen molar-refractivity contribution >= 4 is 32.6 Å². The first kappa shape index (κ1) is 34.1. The molecule has 30 heavy (non-hydrogen) atoms. The maximum Gasteiger partial charge on any atom is 1.00 e. The molecule has 0 radical (unpaired) electrons. The number of hydrogen-bond donors (Lipinski definition) is 1. The maximum atomic E-state index is 4.82. The van der Waals surface area contributed by atoms with Crippen LogP contribution < -0.4 is 42.4 Å². The monoisotopic (exact) mass is 473 g/mol. The van der Waals surface area contributed by atoms with E-state index < -0.39 is 32.6 Å². The van der Waals surface area contributed by atoms with Gasteiger partial charge in [-0.3, -0.25) is 0 Å². The Balaban J connectivity index is 0. The maximum absolute atomic E-state index is 4.82. The van der Waals surface area contributed by atoms with Crippen LogP contribution in [0.2, 0.25) is 76.6 Å². The smallest absolute Gasteiger partial charge is 0.552 e. The van der Waals surface area contributed by atoms with Gasteiger partial charge in [0.15, 0.2) is 0 Å². The van der Waals surface area contributed by atoms with Crippen molar-refractivity contribution in [3.05, 3.63) is 18.9 Å². The van der Waals surface area contributed by atoms with Crippen LogP contribution in [-0.2, 0) is 9.47 Å². The topological polar surface area (TPSA) is 35.1 Å². The number of nitrogens with two attached hydrogens (primary N) is 1. The van der Waals surface area contributed by atoms with E-state index >= 15 is 0 Å². The molecular formula is C21H49Li2NO2Si4. The minimum atomic E-state index is -0.739. The Bertz CT molecular complexity index is 362. The van der Waals surface area contributed by atoms with E-state index in [1.165, 1.54) is 12.8 Å². The Hall–Kier alpha value is 1.94. The van der Waals surface area contributed by atoms with Gasteiger partial charge < -0.3 is 19.8 Å². The summed E-state index contributed by atoms with van der Waals surface area (Å²) in [7, 11) is -2.96. The molecule has 4 aliphatic heterocycles. The molecule has 0 amide bonds. The van der Waals surface area contributed by atoms with Crippen molar-refractivity contribution in [2.45, 2.75) is 102 Å². The van der Waals surface area contributed by atoms with Crippen LogP contribution in [0.4, 0.5) is 0 Å². The summed E-state index contributed by atoms with van der Waals surface area (Å²) in [5, 5.41) is 0. The molecule has 0 aromatic carbocycles. The zero-order valence-corrected chi connectivity index (χ0v) is 26.2. The fourth-order valence-electron chi connectivity index (χ4n) is 4.53. The number of hydrogen-bond acceptors (Lipinski definition) is 2. The van der Waals surface area contributed by atoms with E-state index in [-0.39, 0.29) is 37.7 Å². The van der Waals surface area contributed by atoms with Gasteiger partial charge in [0.2, 0.25) is 0 Å². The first-order valence-corrected chi connectivity index (χ1v) is 24.6. The molecule has 0 aromatic rings. The van der Waals surface area contributed by atoms with Gasteiger partial charge in [0, 0.05) is 13.2 Å². The second-order valence-corrected chi connectivity index (χ2v) is 31.8. The Labute approximate surface area is 217 Å². The zero-order chi connectivity index (χ0) is 21.3. The summed E-state index contributed by atoms with van der Waals surface area (Å²) in [6.07, 6.45) is 4.75. The summed E-state index contributed by atoms with van der Waals surface area (Å²) in [4.78, 5) is 0. The third-order valence-electron chi connectivity index (χ3n) is 5.79. The third kappa shape index (κ3) is 17.4. The van der Waals surface area contributed by atoms with Crippen molar-refractivity contribution in [2.75, 3.05) is 13.2 Å². The fraction of sp³-hybridized carbons (Fsp3) is 0.857. The van der Waals surface area contributed by atoms with Crippen LogP contribution in [0.1, 0.15) is 25.7 Å². The van der Waals surface area contributed by atoms with E-state index in [4.69, 9.17) is 9.47 Å². The van der Waals surface area contributed by atoms with Gasteiger partial charge in [-0.05, 0) is 38.3 Å². The van der Waals surface area contributed by atoms with Crippen molar-refractivity contribution in [2.24, 2.45) is 0 Å². The largest absolute Gasteiger partial charge is 1.00 e. The van der Waals surface area contributed by atoms with Crippen molar-refractivity contribution in [1.29, 1.82) is 0 Å². The summed E-state index contributed by atoms with van der Waals surface area (Å²) < 4.78 is 12.4. The van der Waals surface area contributed by atoms with E-state index in [1.807, 2.05) is 13.2 Å². The molecule has 0 bridgehead atoms. The van der Waals surface area contributed by atoms with Crippen molar-refractivity contribution < 1.29 is 51.8 Å². The summed E-state index contributed by atoms with van der Waals surface area (Å²) in [5.74, 6) is 0. The van der Waals surface area contributed by atoms with Crippen LogP contribution in [0.3, 0.4) is 0 Å². The molecule has 0 aromatic heterocycles. The average molecular weight is 474 g/mol. The average Bonchev–Trinajstić information content (AvgIpc) is 3.32. The molecule has 4 saturated heterocycles. The first-order valence-electron chi connectivity index (χ1n) is 11.4. The second kappa shape index (κ2) is 15.8. The predicted molar refractivity (Wildman–Crippen MR) is 134 cm³/mol. The second-order valence-electron chi connectivity index (χ2n) is 11.6. The van der Waals surface area contributed by atoms with Crippen LogP contribution in [-0.4, -0.2) is 45.8 Å². The van der Waals surface area contributed by atoms with Crippen molar-refractivity contribution in [1.82, 2.24) is 0 Å². The minimum Gasteiger partial charge on any atom is -0.552 e. The van der Waals surface area contributed by atoms with E-state index in [2.05, 4.69) is 62.7 Å². The van der Waals surface area contributed by atoms with Crippen LogP contribution in [0.25, 0.3) is 0 Å². The van der Waals surface area contributed by atoms with Gasteiger partial charge in [0.25, 0.3) is 16.5 Å². The summed E-state index contributed by atoms with van der Waals surface area (Å²) in [6.45, 7) is 25.6. The van der Waals surface area contributed by atoms with Gasteiger partial charge in [0.05, 0.1) is 0 Å². The normalized spacial score (nSPS) is 26.4. The molecule has 3 nitrogen and oxygen atoms in total. The van der Waals surface area contributed by atoms with Gasteiger partial charge in [0.1, 0.15) is 0 Å². The van der Waals surface area contributed by atoms with Gasteiger partial charge in [-0.1, -0.05) is 67.3 Å². The SMILES string of the molecule is C[Si]1(C)CC[Si](C)(C)[NH2+]1.C[Si]1(C)[CH-][Si](C)(C)CC1.[CH-]1CCCO1.[CH-]1CCCO1.[Li+].[Li+]. The molecule has 4 rings (SSSR count). The molecule has 0 unspecified atom stereocenters. The summed E-state index contributed by atoms with van der Waals surface area (Å²) in [6, 6.07) is 6.25. The van der Waals surface area contributed by atoms with Crippen molar-refractivity contribution in [3.63, 3.8) is 0 Å². The predicted octanol–water partition coefficient (Wildman–Crippen LogP) is -0.402. The van der Waals surface area contributed by atoms with Gasteiger partial charge in [-0.25, -0.2) is 13.2 Å². The van der Waals surface area contributed by atoms with Gasteiger partial charge in [-0.2, -0.15) is 12.8 Å². The third-order valence-corrected chi connectivity index (χ3v) is 25.5. The number of ether oxygens (including phenoxy) is 2. The Morgan fingerprint density at radius 3 is 1.07 bits per heavy atom. The van der Waals surface area contributed by atoms with Crippen LogP contribution in [0.15, 0.2) is 0 Å². The number of quaternary nitrogens is 1. The molecule has 9 heteroatoms. The molecule has 4 fully saturated rings. The molecule has 4 aliphatic rings. The quantitative estimate of drug-likeness (QED) is 0.384. The Morgan fingerprint density at radius 2 is 0.967 bits per heavy atom. The van der Waals surface area contributed by atoms with E-state index in [9.17, 15) is 0 Å². The molecule has 0 spiro atoms. The molecule has 0 aliphatic carbocycles. The van der Waals surface area contributed by atoms with Crippen LogP contribution in [0, 0.1) is 18.9 Å². The molecular weight excluding hydrogens is 424 g/mol.